The lowest BCUT2D eigenvalue weighted by Crippen LogP contribution is -1.93. The fourth-order valence-corrected chi connectivity index (χ4v) is 5.64. The van der Waals surface area contributed by atoms with Crippen molar-refractivity contribution in [2.45, 2.75) is 37.0 Å². The fourth-order valence-electron chi connectivity index (χ4n) is 3.33. The van der Waals surface area contributed by atoms with Gasteiger partial charge in [-0.25, -0.2) is 14.4 Å². The highest BCUT2D eigenvalue weighted by atomic mass is 32.2. The van der Waals surface area contributed by atoms with Crippen molar-refractivity contribution in [2.24, 2.45) is 0 Å². The molecule has 0 unspecified atom stereocenters. The maximum atomic E-state index is 13.1. The summed E-state index contributed by atoms with van der Waals surface area (Å²) in [6.45, 7) is 1.92. The summed E-state index contributed by atoms with van der Waals surface area (Å²) >= 11 is 3.39. The smallest absolute Gasteiger partial charge is 0.237 e. The van der Waals surface area contributed by atoms with Gasteiger partial charge in [0.1, 0.15) is 21.5 Å². The zero-order valence-corrected chi connectivity index (χ0v) is 16.2. The predicted octanol–water partition coefficient (Wildman–Crippen LogP) is 4.97. The second-order valence-corrected chi connectivity index (χ2v) is 8.47. The number of aromatic nitrogens is 4. The van der Waals surface area contributed by atoms with E-state index in [-0.39, 0.29) is 5.82 Å². The van der Waals surface area contributed by atoms with Crippen LogP contribution in [0.1, 0.15) is 28.6 Å². The molecular weight excluding hydrogens is 383 g/mol. The molecule has 5 rings (SSSR count). The minimum absolute atomic E-state index is 0.288. The molecular formula is C19H15FN4OS2. The van der Waals surface area contributed by atoms with Gasteiger partial charge in [0.15, 0.2) is 0 Å². The monoisotopic (exact) mass is 398 g/mol. The van der Waals surface area contributed by atoms with Gasteiger partial charge >= 0.3 is 0 Å². The molecule has 3 aromatic heterocycles. The van der Waals surface area contributed by atoms with Gasteiger partial charge in [0, 0.05) is 15.8 Å². The highest BCUT2D eigenvalue weighted by molar-refractivity contribution is 7.98. The zero-order chi connectivity index (χ0) is 18.4. The van der Waals surface area contributed by atoms with Crippen molar-refractivity contribution >= 4 is 33.3 Å². The summed E-state index contributed by atoms with van der Waals surface area (Å²) in [5.41, 5.74) is 2.14. The molecule has 0 saturated heterocycles. The molecule has 0 amide bonds. The molecule has 1 aliphatic carbocycles. The lowest BCUT2D eigenvalue weighted by Gasteiger charge is -2.04. The van der Waals surface area contributed by atoms with Crippen LogP contribution >= 0.6 is 23.1 Å². The zero-order valence-electron chi connectivity index (χ0n) is 14.5. The Bertz CT molecular complexity index is 1140. The van der Waals surface area contributed by atoms with Crippen LogP contribution in [0.2, 0.25) is 0 Å². The lowest BCUT2D eigenvalue weighted by molar-refractivity contribution is 0.391. The van der Waals surface area contributed by atoms with Crippen LogP contribution in [0.5, 0.6) is 0 Å². The molecule has 8 heteroatoms. The number of halogens is 1. The Morgan fingerprint density at radius 2 is 2.00 bits per heavy atom. The minimum atomic E-state index is -0.288. The summed E-state index contributed by atoms with van der Waals surface area (Å²) < 4.78 is 18.4. The Hall–Kier alpha value is -2.32. The molecule has 136 valence electrons. The van der Waals surface area contributed by atoms with E-state index in [4.69, 9.17) is 4.52 Å². The van der Waals surface area contributed by atoms with E-state index >= 15 is 0 Å². The predicted molar refractivity (Wildman–Crippen MR) is 103 cm³/mol. The quantitative estimate of drug-likeness (QED) is 0.357. The molecule has 5 nitrogen and oxygen atoms in total. The van der Waals surface area contributed by atoms with Crippen LogP contribution in [-0.2, 0) is 18.6 Å². The van der Waals surface area contributed by atoms with Crippen LogP contribution in [0.4, 0.5) is 4.39 Å². The summed E-state index contributed by atoms with van der Waals surface area (Å²) in [4.78, 5) is 16.2. The Morgan fingerprint density at radius 3 is 2.85 bits per heavy atom. The molecule has 0 fully saturated rings. The third-order valence-electron chi connectivity index (χ3n) is 4.55. The molecule has 0 spiro atoms. The molecule has 0 radical (unpaired) electrons. The number of nitrogens with zero attached hydrogens (tertiary/aromatic N) is 4. The molecule has 27 heavy (non-hydrogen) atoms. The van der Waals surface area contributed by atoms with E-state index < -0.39 is 0 Å². The first-order valence-electron chi connectivity index (χ1n) is 8.67. The number of benzene rings is 1. The maximum absolute atomic E-state index is 13.1. The summed E-state index contributed by atoms with van der Waals surface area (Å²) in [7, 11) is 0. The standard InChI is InChI=1S/C19H15FN4OS2/c1-10-21-18(16-13-3-2-4-14(13)27-19(16)22-10)26-9-15-23-17(24-25-15)11-5-7-12(20)8-6-11/h5-8H,2-4,9H2,1H3. The summed E-state index contributed by atoms with van der Waals surface area (Å²) in [5, 5.41) is 6.18. The summed E-state index contributed by atoms with van der Waals surface area (Å²) in [6, 6.07) is 6.06. The van der Waals surface area contributed by atoms with E-state index in [1.54, 1.807) is 35.2 Å². The molecule has 0 bridgehead atoms. The second kappa shape index (κ2) is 6.69. The first kappa shape index (κ1) is 16.8. The molecule has 1 aliphatic rings. The normalized spacial score (nSPS) is 13.4. The molecule has 3 heterocycles. The second-order valence-electron chi connectivity index (χ2n) is 6.42. The van der Waals surface area contributed by atoms with Crippen molar-refractivity contribution in [2.75, 3.05) is 0 Å². The molecule has 0 aliphatic heterocycles. The van der Waals surface area contributed by atoms with E-state index in [9.17, 15) is 4.39 Å². The molecule has 4 aromatic rings. The number of thiophene rings is 1. The number of rotatable bonds is 4. The number of hydrogen-bond acceptors (Lipinski definition) is 7. The van der Waals surface area contributed by atoms with Crippen molar-refractivity contribution in [3.05, 3.63) is 52.2 Å². The van der Waals surface area contributed by atoms with Crippen molar-refractivity contribution in [3.8, 4) is 11.4 Å². The number of fused-ring (bicyclic) bond motifs is 3. The number of thioether (sulfide) groups is 1. The summed E-state index contributed by atoms with van der Waals surface area (Å²) in [6.07, 6.45) is 3.45. The number of aryl methyl sites for hydroxylation is 3. The van der Waals surface area contributed by atoms with Crippen LogP contribution < -0.4 is 0 Å². The van der Waals surface area contributed by atoms with Gasteiger partial charge in [0.2, 0.25) is 11.7 Å². The highest BCUT2D eigenvalue weighted by Crippen LogP contribution is 2.41. The molecule has 1 aromatic carbocycles. The van der Waals surface area contributed by atoms with E-state index in [0.717, 1.165) is 34.1 Å². The average molecular weight is 398 g/mol. The van der Waals surface area contributed by atoms with Gasteiger partial charge in [0.05, 0.1) is 5.75 Å². The third-order valence-corrected chi connectivity index (χ3v) is 6.69. The van der Waals surface area contributed by atoms with E-state index in [1.807, 2.05) is 6.92 Å². The Labute approximate surface area is 163 Å². The largest absolute Gasteiger partial charge is 0.338 e. The Morgan fingerprint density at radius 1 is 1.15 bits per heavy atom. The Balaban J connectivity index is 1.41. The third kappa shape index (κ3) is 3.12. The molecule has 0 atom stereocenters. The van der Waals surface area contributed by atoms with Gasteiger partial charge in [-0.15, -0.1) is 11.3 Å². The SMILES string of the molecule is Cc1nc(SCc2nc(-c3ccc(F)cc3)no2)c2c3c(sc2n1)CCC3. The first-order chi connectivity index (χ1) is 13.2. The lowest BCUT2D eigenvalue weighted by atomic mass is 10.2. The highest BCUT2D eigenvalue weighted by Gasteiger charge is 2.22. The van der Waals surface area contributed by atoms with Crippen LogP contribution in [0.3, 0.4) is 0 Å². The minimum Gasteiger partial charge on any atom is -0.338 e. The summed E-state index contributed by atoms with van der Waals surface area (Å²) in [5.74, 6) is 2.01. The van der Waals surface area contributed by atoms with Crippen LogP contribution in [0, 0.1) is 12.7 Å². The van der Waals surface area contributed by atoms with Gasteiger partial charge in [-0.3, -0.25) is 0 Å². The van der Waals surface area contributed by atoms with Gasteiger partial charge < -0.3 is 4.52 Å². The van der Waals surface area contributed by atoms with Crippen LogP contribution in [0.25, 0.3) is 21.6 Å². The first-order valence-corrected chi connectivity index (χ1v) is 10.5. The van der Waals surface area contributed by atoms with Crippen LogP contribution in [-0.4, -0.2) is 20.1 Å². The van der Waals surface area contributed by atoms with Gasteiger partial charge in [-0.1, -0.05) is 16.9 Å². The van der Waals surface area contributed by atoms with Gasteiger partial charge in [-0.05, 0) is 56.0 Å². The van der Waals surface area contributed by atoms with Crippen molar-refractivity contribution < 1.29 is 8.91 Å². The van der Waals surface area contributed by atoms with E-state index in [1.165, 1.54) is 34.4 Å². The fraction of sp³-hybridized carbons (Fsp3) is 0.263. The van der Waals surface area contributed by atoms with E-state index in [2.05, 4.69) is 20.1 Å². The van der Waals surface area contributed by atoms with E-state index in [0.29, 0.717) is 17.5 Å². The molecule has 0 saturated carbocycles. The number of hydrogen-bond donors (Lipinski definition) is 0. The molecule has 0 N–H and O–H groups in total. The Kier molecular flexibility index (Phi) is 4.17. The average Bonchev–Trinajstić information content (AvgIpc) is 3.35. The van der Waals surface area contributed by atoms with Crippen LogP contribution in [0.15, 0.2) is 33.8 Å². The topological polar surface area (TPSA) is 64.7 Å². The van der Waals surface area contributed by atoms with Crippen molar-refractivity contribution in [1.82, 2.24) is 20.1 Å². The van der Waals surface area contributed by atoms with Gasteiger partial charge in [-0.2, -0.15) is 4.98 Å². The van der Waals surface area contributed by atoms with Gasteiger partial charge in [0.25, 0.3) is 0 Å². The van der Waals surface area contributed by atoms with Crippen molar-refractivity contribution in [3.63, 3.8) is 0 Å². The van der Waals surface area contributed by atoms with Crippen molar-refractivity contribution in [1.29, 1.82) is 0 Å². The maximum Gasteiger partial charge on any atom is 0.237 e.